The number of nitrogens with zero attached hydrogens (tertiary/aromatic N) is 2. The second-order valence-corrected chi connectivity index (χ2v) is 7.06. The fourth-order valence-electron chi connectivity index (χ4n) is 2.84. The average molecular weight is 450 g/mol. The van der Waals surface area contributed by atoms with Gasteiger partial charge in [0.2, 0.25) is 0 Å². The summed E-state index contributed by atoms with van der Waals surface area (Å²) in [6.45, 7) is 0. The van der Waals surface area contributed by atoms with E-state index in [4.69, 9.17) is 22.1 Å². The van der Waals surface area contributed by atoms with Crippen LogP contribution in [0.3, 0.4) is 0 Å². The molecule has 4 aromatic rings. The van der Waals surface area contributed by atoms with Crippen molar-refractivity contribution in [1.82, 2.24) is 9.97 Å². The van der Waals surface area contributed by atoms with Crippen molar-refractivity contribution in [2.45, 2.75) is 0 Å². The Kier molecular flexibility index (Phi) is 6.14. The molecule has 0 saturated carbocycles. The van der Waals surface area contributed by atoms with E-state index < -0.39 is 5.91 Å². The van der Waals surface area contributed by atoms with Crippen molar-refractivity contribution in [2.75, 3.05) is 16.4 Å². The molecule has 0 fully saturated rings. The number of hydrogen-bond donors (Lipinski definition) is 3. The van der Waals surface area contributed by atoms with Gasteiger partial charge >= 0.3 is 0 Å². The predicted molar refractivity (Wildman–Crippen MR) is 122 cm³/mol. The molecule has 160 valence electrons. The Morgan fingerprint density at radius 3 is 2.50 bits per heavy atom. The van der Waals surface area contributed by atoms with E-state index in [1.165, 1.54) is 30.5 Å². The first kappa shape index (κ1) is 21.1. The first-order valence-corrected chi connectivity index (χ1v) is 9.83. The maximum Gasteiger partial charge on any atom is 0.259 e. The number of carbonyl (C=O) groups excluding carboxylic acids is 1. The molecular weight excluding hydrogens is 433 g/mol. The Balaban J connectivity index is 1.51. The third kappa shape index (κ3) is 5.11. The number of nitrogen functional groups attached to an aromatic ring is 1. The highest BCUT2D eigenvalue weighted by Crippen LogP contribution is 2.33. The SMILES string of the molecule is Nc1cc(Oc2ccc(Nc3ncccc3C(=O)Nc3ccc(F)cc3)cc2Cl)ccn1. The molecule has 32 heavy (non-hydrogen) atoms. The molecule has 0 saturated heterocycles. The van der Waals surface area contributed by atoms with Crippen LogP contribution in [0.5, 0.6) is 11.5 Å². The molecule has 7 nitrogen and oxygen atoms in total. The molecule has 0 spiro atoms. The number of rotatable bonds is 6. The van der Waals surface area contributed by atoms with Crippen LogP contribution < -0.4 is 21.1 Å². The van der Waals surface area contributed by atoms with Crippen LogP contribution >= 0.6 is 11.6 Å². The predicted octanol–water partition coefficient (Wildman–Crippen LogP) is 5.64. The van der Waals surface area contributed by atoms with Gasteiger partial charge in [-0.05, 0) is 60.7 Å². The number of halogens is 2. The lowest BCUT2D eigenvalue weighted by Crippen LogP contribution is -2.14. The van der Waals surface area contributed by atoms with E-state index in [1.54, 1.807) is 48.7 Å². The second kappa shape index (κ2) is 9.32. The van der Waals surface area contributed by atoms with Crippen molar-refractivity contribution < 1.29 is 13.9 Å². The number of carbonyl (C=O) groups is 1. The van der Waals surface area contributed by atoms with E-state index in [1.807, 2.05) is 0 Å². The van der Waals surface area contributed by atoms with Crippen LogP contribution in [0.15, 0.2) is 79.1 Å². The van der Waals surface area contributed by atoms with Gasteiger partial charge in [0.05, 0.1) is 10.6 Å². The molecule has 0 aliphatic heterocycles. The molecular formula is C23H17ClFN5O2. The number of anilines is 4. The number of nitrogens with two attached hydrogens (primary N) is 1. The minimum absolute atomic E-state index is 0.306. The molecule has 2 aromatic carbocycles. The van der Waals surface area contributed by atoms with Crippen LogP contribution in [0.4, 0.5) is 27.4 Å². The van der Waals surface area contributed by atoms with Gasteiger partial charge in [-0.3, -0.25) is 4.79 Å². The van der Waals surface area contributed by atoms with Gasteiger partial charge in [-0.15, -0.1) is 0 Å². The number of aromatic nitrogens is 2. The molecule has 0 aliphatic rings. The van der Waals surface area contributed by atoms with Crippen LogP contribution in [-0.2, 0) is 0 Å². The highest BCUT2D eigenvalue weighted by molar-refractivity contribution is 6.32. The van der Waals surface area contributed by atoms with Crippen molar-refractivity contribution in [3.63, 3.8) is 0 Å². The number of benzene rings is 2. The summed E-state index contributed by atoms with van der Waals surface area (Å²) in [4.78, 5) is 20.9. The van der Waals surface area contributed by atoms with Gasteiger partial charge in [0, 0.05) is 29.8 Å². The fraction of sp³-hybridized carbons (Fsp3) is 0. The van der Waals surface area contributed by atoms with Crippen LogP contribution in [0.2, 0.25) is 5.02 Å². The van der Waals surface area contributed by atoms with E-state index in [-0.39, 0.29) is 5.82 Å². The second-order valence-electron chi connectivity index (χ2n) is 6.65. The summed E-state index contributed by atoms with van der Waals surface area (Å²) >= 11 is 6.37. The Hall–Kier alpha value is -4.17. The molecule has 2 heterocycles. The fourth-order valence-corrected chi connectivity index (χ4v) is 3.06. The number of ether oxygens (including phenoxy) is 1. The van der Waals surface area contributed by atoms with Crippen molar-refractivity contribution in [2.24, 2.45) is 0 Å². The lowest BCUT2D eigenvalue weighted by molar-refractivity contribution is 0.102. The zero-order valence-corrected chi connectivity index (χ0v) is 17.3. The maximum absolute atomic E-state index is 13.1. The van der Waals surface area contributed by atoms with Gasteiger partial charge in [0.25, 0.3) is 5.91 Å². The topological polar surface area (TPSA) is 102 Å². The van der Waals surface area contributed by atoms with E-state index in [0.29, 0.717) is 45.1 Å². The third-order valence-corrected chi connectivity index (χ3v) is 4.62. The van der Waals surface area contributed by atoms with Crippen molar-refractivity contribution >= 4 is 40.5 Å². The van der Waals surface area contributed by atoms with Crippen LogP contribution in [0.25, 0.3) is 0 Å². The van der Waals surface area contributed by atoms with Crippen molar-refractivity contribution in [3.05, 3.63) is 95.5 Å². The van der Waals surface area contributed by atoms with Crippen LogP contribution in [-0.4, -0.2) is 15.9 Å². The quantitative estimate of drug-likeness (QED) is 0.352. The number of nitrogens with one attached hydrogen (secondary N) is 2. The summed E-state index contributed by atoms with van der Waals surface area (Å²) in [6, 6.07) is 17.1. The minimum atomic E-state index is -0.395. The zero-order valence-electron chi connectivity index (χ0n) is 16.5. The van der Waals surface area contributed by atoms with Crippen LogP contribution in [0, 0.1) is 5.82 Å². The highest BCUT2D eigenvalue weighted by atomic mass is 35.5. The lowest BCUT2D eigenvalue weighted by atomic mass is 10.2. The highest BCUT2D eigenvalue weighted by Gasteiger charge is 2.14. The Bertz CT molecular complexity index is 1270. The smallest absolute Gasteiger partial charge is 0.259 e. The summed E-state index contributed by atoms with van der Waals surface area (Å²) in [6.07, 6.45) is 3.10. The maximum atomic E-state index is 13.1. The lowest BCUT2D eigenvalue weighted by Gasteiger charge is -2.13. The summed E-state index contributed by atoms with van der Waals surface area (Å²) in [7, 11) is 0. The molecule has 0 unspecified atom stereocenters. The van der Waals surface area contributed by atoms with Crippen molar-refractivity contribution in [1.29, 1.82) is 0 Å². The number of amides is 1. The summed E-state index contributed by atoms with van der Waals surface area (Å²) in [5.74, 6) is 0.817. The van der Waals surface area contributed by atoms with Gasteiger partial charge < -0.3 is 21.1 Å². The molecule has 1 amide bonds. The molecule has 0 aliphatic carbocycles. The van der Waals surface area contributed by atoms with E-state index >= 15 is 0 Å². The Labute approximate surface area is 188 Å². The Morgan fingerprint density at radius 1 is 0.969 bits per heavy atom. The third-order valence-electron chi connectivity index (χ3n) is 4.33. The van der Waals surface area contributed by atoms with Gasteiger partial charge in [-0.25, -0.2) is 14.4 Å². The van der Waals surface area contributed by atoms with E-state index in [0.717, 1.165) is 0 Å². The first-order chi connectivity index (χ1) is 15.5. The molecule has 2 aromatic heterocycles. The van der Waals surface area contributed by atoms with Crippen LogP contribution in [0.1, 0.15) is 10.4 Å². The normalized spacial score (nSPS) is 10.4. The number of pyridine rings is 2. The molecule has 0 bridgehead atoms. The van der Waals surface area contributed by atoms with Gasteiger partial charge in [-0.1, -0.05) is 11.6 Å². The zero-order chi connectivity index (χ0) is 22.5. The summed E-state index contributed by atoms with van der Waals surface area (Å²) in [5.41, 5.74) is 7.04. The summed E-state index contributed by atoms with van der Waals surface area (Å²) < 4.78 is 18.8. The monoisotopic (exact) mass is 449 g/mol. The largest absolute Gasteiger partial charge is 0.456 e. The minimum Gasteiger partial charge on any atom is -0.456 e. The first-order valence-electron chi connectivity index (χ1n) is 9.46. The van der Waals surface area contributed by atoms with Gasteiger partial charge in [-0.2, -0.15) is 0 Å². The van der Waals surface area contributed by atoms with Gasteiger partial charge in [0.1, 0.15) is 29.0 Å². The molecule has 4 rings (SSSR count). The molecule has 4 N–H and O–H groups in total. The number of hydrogen-bond acceptors (Lipinski definition) is 6. The van der Waals surface area contributed by atoms with E-state index in [2.05, 4.69) is 20.6 Å². The molecule has 0 atom stereocenters. The van der Waals surface area contributed by atoms with Crippen molar-refractivity contribution in [3.8, 4) is 11.5 Å². The van der Waals surface area contributed by atoms with E-state index in [9.17, 15) is 9.18 Å². The summed E-state index contributed by atoms with van der Waals surface area (Å²) in [5, 5.41) is 6.15. The standard InChI is InChI=1S/C23H17ClFN5O2/c24-19-12-16(7-8-20(19)32-17-9-11-27-21(26)13-17)29-22-18(2-1-10-28-22)23(31)30-15-5-3-14(25)4-6-15/h1-13H,(H2,26,27)(H,28,29)(H,30,31). The molecule has 0 radical (unpaired) electrons. The molecule has 9 heteroatoms. The Morgan fingerprint density at radius 2 is 1.75 bits per heavy atom. The average Bonchev–Trinajstić information content (AvgIpc) is 2.78. The van der Waals surface area contributed by atoms with Gasteiger partial charge in [0.15, 0.2) is 0 Å².